The number of unbranched alkanes of at least 4 members (excludes halogenated alkanes) is 30. The number of nitrogens with zero attached hydrogens (tertiary/aromatic N) is 2. The maximum atomic E-state index is 10.5. The van der Waals surface area contributed by atoms with Crippen molar-refractivity contribution in [2.75, 3.05) is 40.3 Å². The first-order chi connectivity index (χ1) is 24.3. The molecule has 302 valence electrons. The Labute approximate surface area is 332 Å². The van der Waals surface area contributed by atoms with Crippen molar-refractivity contribution in [1.82, 2.24) is 9.80 Å². The van der Waals surface area contributed by atoms with E-state index in [-0.39, 0.29) is 32.3 Å². The van der Waals surface area contributed by atoms with Crippen molar-refractivity contribution >= 4 is 11.9 Å². The van der Waals surface area contributed by atoms with E-state index in [1.165, 1.54) is 205 Å². The summed E-state index contributed by atoms with van der Waals surface area (Å²) in [5.41, 5.74) is 0. The molecule has 0 fully saturated rings. The molecule has 0 aromatic heterocycles. The molecule has 0 saturated heterocycles. The minimum absolute atomic E-state index is 0. The van der Waals surface area contributed by atoms with Crippen LogP contribution in [0.15, 0.2) is 0 Å². The SMILES string of the molecule is CCCCCCCCCCCCCCCCCCN(C)CCC(=O)O.CCCCCCCCCCCCCCCCCCN(C)CCC(=O)O.[Zn]. The van der Waals surface area contributed by atoms with Crippen molar-refractivity contribution in [2.45, 2.75) is 232 Å². The van der Waals surface area contributed by atoms with Gasteiger partial charge >= 0.3 is 11.9 Å². The molecule has 0 atom stereocenters. The van der Waals surface area contributed by atoms with Crippen molar-refractivity contribution in [3.05, 3.63) is 0 Å². The fourth-order valence-corrected chi connectivity index (χ4v) is 6.66. The van der Waals surface area contributed by atoms with Crippen LogP contribution in [0.2, 0.25) is 0 Å². The summed E-state index contributed by atoms with van der Waals surface area (Å²) in [4.78, 5) is 25.3. The van der Waals surface area contributed by atoms with E-state index < -0.39 is 11.9 Å². The van der Waals surface area contributed by atoms with Gasteiger partial charge in [-0.25, -0.2) is 0 Å². The third-order valence-corrected chi connectivity index (χ3v) is 10.2. The van der Waals surface area contributed by atoms with Crippen LogP contribution in [0.4, 0.5) is 0 Å². The smallest absolute Gasteiger partial charge is 0.304 e. The molecule has 0 spiro atoms. The maximum absolute atomic E-state index is 10.5. The summed E-state index contributed by atoms with van der Waals surface area (Å²) in [5, 5.41) is 17.3. The summed E-state index contributed by atoms with van der Waals surface area (Å²) in [5.74, 6) is -1.39. The molecule has 51 heavy (non-hydrogen) atoms. The predicted molar refractivity (Wildman–Crippen MR) is 219 cm³/mol. The number of aliphatic carboxylic acids is 2. The van der Waals surface area contributed by atoms with Crippen molar-refractivity contribution < 1.29 is 39.3 Å². The molecule has 0 aliphatic heterocycles. The van der Waals surface area contributed by atoms with Gasteiger partial charge in [-0.1, -0.05) is 206 Å². The van der Waals surface area contributed by atoms with E-state index in [1.54, 1.807) is 0 Å². The summed E-state index contributed by atoms with van der Waals surface area (Å²) < 4.78 is 0. The minimum Gasteiger partial charge on any atom is -0.481 e. The van der Waals surface area contributed by atoms with Crippen molar-refractivity contribution in [3.8, 4) is 0 Å². The molecule has 0 aromatic carbocycles. The molecule has 0 aromatic rings. The second kappa shape index (κ2) is 47.5. The summed E-state index contributed by atoms with van der Waals surface area (Å²) >= 11 is 0. The number of rotatable bonds is 40. The van der Waals surface area contributed by atoms with E-state index >= 15 is 0 Å². The molecular formula is C44H90N2O4Zn. The van der Waals surface area contributed by atoms with Crippen molar-refractivity contribution in [2.24, 2.45) is 0 Å². The zero-order valence-corrected chi connectivity index (χ0v) is 38.1. The average molecular weight is 777 g/mol. The molecule has 0 saturated carbocycles. The van der Waals surface area contributed by atoms with Gasteiger partial charge in [-0.2, -0.15) is 0 Å². The molecule has 0 rings (SSSR count). The predicted octanol–water partition coefficient (Wildman–Crippen LogP) is 13.3. The van der Waals surface area contributed by atoms with E-state index in [4.69, 9.17) is 10.2 Å². The molecule has 0 unspecified atom stereocenters. The normalized spacial score (nSPS) is 11.1. The molecule has 7 heteroatoms. The zero-order chi connectivity index (χ0) is 37.2. The van der Waals surface area contributed by atoms with Crippen LogP contribution in [0.3, 0.4) is 0 Å². The van der Waals surface area contributed by atoms with Gasteiger partial charge in [-0.05, 0) is 40.0 Å². The van der Waals surface area contributed by atoms with Crippen molar-refractivity contribution in [3.63, 3.8) is 0 Å². The number of carboxylic acids is 2. The van der Waals surface area contributed by atoms with Gasteiger partial charge in [0.05, 0.1) is 12.8 Å². The van der Waals surface area contributed by atoms with Gasteiger partial charge in [0.25, 0.3) is 0 Å². The third-order valence-electron chi connectivity index (χ3n) is 10.2. The Kier molecular flexibility index (Phi) is 51.1. The summed E-state index contributed by atoms with van der Waals surface area (Å²) in [6.07, 6.45) is 45.1. The molecule has 0 heterocycles. The molecule has 6 nitrogen and oxygen atoms in total. The number of hydrogen-bond donors (Lipinski definition) is 2. The molecule has 0 aliphatic carbocycles. The number of carboxylic acid groups (broad SMARTS) is 2. The second-order valence-corrected chi connectivity index (χ2v) is 15.5. The van der Waals surface area contributed by atoms with Crippen molar-refractivity contribution in [1.29, 1.82) is 0 Å². The zero-order valence-electron chi connectivity index (χ0n) is 35.2. The fraction of sp³-hybridized carbons (Fsp3) is 0.955. The Hall–Kier alpha value is -0.517. The van der Waals surface area contributed by atoms with Crippen LogP contribution in [0.5, 0.6) is 0 Å². The van der Waals surface area contributed by atoms with E-state index in [0.29, 0.717) is 13.1 Å². The fourth-order valence-electron chi connectivity index (χ4n) is 6.66. The molecule has 2 N–H and O–H groups in total. The Balaban J connectivity index is -0.000000886. The van der Waals surface area contributed by atoms with Crippen LogP contribution in [0.25, 0.3) is 0 Å². The standard InChI is InChI=1S/2C22H45NO2.Zn/c2*1-3-4-5-6-7-8-9-10-11-12-13-14-15-16-17-18-20-23(2)21-19-22(24)25;/h2*3-21H2,1-2H3,(H,24,25);. The third kappa shape index (κ3) is 53.9. The Bertz CT molecular complexity index is 626. The number of carbonyl (C=O) groups is 2. The van der Waals surface area contributed by atoms with Gasteiger partial charge < -0.3 is 20.0 Å². The van der Waals surface area contributed by atoms with Gasteiger partial charge in [0.1, 0.15) is 0 Å². The van der Waals surface area contributed by atoms with Crippen LogP contribution in [-0.4, -0.2) is 72.2 Å². The van der Waals surface area contributed by atoms with Gasteiger partial charge in [-0.15, -0.1) is 0 Å². The van der Waals surface area contributed by atoms with Crippen LogP contribution in [0, 0.1) is 0 Å². The minimum atomic E-state index is -0.696. The first-order valence-electron chi connectivity index (χ1n) is 22.1. The Morgan fingerprint density at radius 3 is 0.686 bits per heavy atom. The van der Waals surface area contributed by atoms with Gasteiger partial charge in [0.15, 0.2) is 0 Å². The molecular weight excluding hydrogens is 686 g/mol. The maximum Gasteiger partial charge on any atom is 0.304 e. The number of hydrogen-bond acceptors (Lipinski definition) is 4. The van der Waals surface area contributed by atoms with Crippen LogP contribution >= 0.6 is 0 Å². The molecule has 0 radical (unpaired) electrons. The average Bonchev–Trinajstić information content (AvgIpc) is 3.09. The van der Waals surface area contributed by atoms with E-state index in [2.05, 4.69) is 23.6 Å². The van der Waals surface area contributed by atoms with Crippen LogP contribution in [0.1, 0.15) is 232 Å². The van der Waals surface area contributed by atoms with Crippen LogP contribution < -0.4 is 0 Å². The van der Waals surface area contributed by atoms with Crippen LogP contribution in [-0.2, 0) is 29.1 Å². The summed E-state index contributed by atoms with van der Waals surface area (Å²) in [6.45, 7) is 7.98. The van der Waals surface area contributed by atoms with Gasteiger partial charge in [0.2, 0.25) is 0 Å². The Morgan fingerprint density at radius 1 is 0.333 bits per heavy atom. The monoisotopic (exact) mass is 775 g/mol. The van der Waals surface area contributed by atoms with Gasteiger partial charge in [0, 0.05) is 32.6 Å². The van der Waals surface area contributed by atoms with E-state index in [1.807, 2.05) is 14.1 Å². The first-order valence-corrected chi connectivity index (χ1v) is 22.1. The van der Waals surface area contributed by atoms with E-state index in [0.717, 1.165) is 13.1 Å². The molecule has 0 amide bonds. The van der Waals surface area contributed by atoms with E-state index in [9.17, 15) is 9.59 Å². The summed E-state index contributed by atoms with van der Waals surface area (Å²) in [6, 6.07) is 0. The molecule has 0 aliphatic rings. The molecule has 0 bridgehead atoms. The first kappa shape index (κ1) is 54.8. The second-order valence-electron chi connectivity index (χ2n) is 15.5. The summed E-state index contributed by atoms with van der Waals surface area (Å²) in [7, 11) is 4.04. The van der Waals surface area contributed by atoms with Gasteiger partial charge in [-0.3, -0.25) is 9.59 Å². The largest absolute Gasteiger partial charge is 0.481 e. The Morgan fingerprint density at radius 2 is 0.510 bits per heavy atom. The topological polar surface area (TPSA) is 81.1 Å². The quantitative estimate of drug-likeness (QED) is 0.0476.